The summed E-state index contributed by atoms with van der Waals surface area (Å²) in [6.07, 6.45) is 2.94. The zero-order chi connectivity index (χ0) is 14.9. The van der Waals surface area contributed by atoms with Gasteiger partial charge >= 0.3 is 0 Å². The first-order chi connectivity index (χ1) is 9.35. The number of nitrogens with two attached hydrogens (primary N) is 1. The van der Waals surface area contributed by atoms with Gasteiger partial charge in [-0.25, -0.2) is 8.78 Å². The lowest BCUT2D eigenvalue weighted by Crippen LogP contribution is -2.41. The lowest BCUT2D eigenvalue weighted by molar-refractivity contribution is 0.0909. The molecule has 1 aliphatic rings. The van der Waals surface area contributed by atoms with Crippen molar-refractivity contribution in [1.29, 1.82) is 0 Å². The van der Waals surface area contributed by atoms with Crippen molar-refractivity contribution in [2.75, 3.05) is 5.43 Å². The van der Waals surface area contributed by atoms with Crippen LogP contribution in [0, 0.1) is 17.0 Å². The highest BCUT2D eigenvalue weighted by molar-refractivity contribution is 5.94. The molecule has 4 nitrogen and oxygen atoms in total. The summed E-state index contributed by atoms with van der Waals surface area (Å²) in [6.45, 7) is 4.15. The average Bonchev–Trinajstić information content (AvgIpc) is 2.68. The first-order valence-electron chi connectivity index (χ1n) is 6.61. The Hall–Kier alpha value is -1.69. The highest BCUT2D eigenvalue weighted by Crippen LogP contribution is 2.37. The smallest absolute Gasteiger partial charge is 0.251 e. The second-order valence-electron chi connectivity index (χ2n) is 5.87. The van der Waals surface area contributed by atoms with Crippen molar-refractivity contribution in [2.45, 2.75) is 39.2 Å². The molecule has 0 saturated heterocycles. The predicted molar refractivity (Wildman–Crippen MR) is 73.1 cm³/mol. The van der Waals surface area contributed by atoms with Gasteiger partial charge in [0.1, 0.15) is 5.69 Å². The summed E-state index contributed by atoms with van der Waals surface area (Å²) in [7, 11) is 0. The lowest BCUT2D eigenvalue weighted by Gasteiger charge is -2.27. The molecule has 1 aromatic rings. The Labute approximate surface area is 116 Å². The summed E-state index contributed by atoms with van der Waals surface area (Å²) in [5.74, 6) is 2.78. The van der Waals surface area contributed by atoms with Crippen molar-refractivity contribution in [3.05, 3.63) is 29.3 Å². The molecular formula is C14H19F2N3O. The first kappa shape index (κ1) is 14.7. The van der Waals surface area contributed by atoms with Gasteiger partial charge in [-0.2, -0.15) is 0 Å². The van der Waals surface area contributed by atoms with Gasteiger partial charge in [0.05, 0.1) is 0 Å². The zero-order valence-electron chi connectivity index (χ0n) is 11.6. The fourth-order valence-corrected chi connectivity index (χ4v) is 2.68. The minimum absolute atomic E-state index is 0.00546. The van der Waals surface area contributed by atoms with Gasteiger partial charge in [-0.1, -0.05) is 20.3 Å². The topological polar surface area (TPSA) is 67.2 Å². The number of hydrogen-bond acceptors (Lipinski definition) is 3. The fourth-order valence-electron chi connectivity index (χ4n) is 2.68. The van der Waals surface area contributed by atoms with Crippen molar-refractivity contribution < 1.29 is 13.6 Å². The number of hydrogen-bond donors (Lipinski definition) is 3. The number of benzene rings is 1. The normalized spacial score (nSPS) is 20.8. The number of carbonyl (C=O) groups excluding carboxylic acids is 1. The van der Waals surface area contributed by atoms with Crippen LogP contribution in [0.5, 0.6) is 0 Å². The lowest BCUT2D eigenvalue weighted by atomic mass is 9.87. The third-order valence-corrected chi connectivity index (χ3v) is 4.01. The Morgan fingerprint density at radius 3 is 2.40 bits per heavy atom. The molecule has 2 rings (SSSR count). The van der Waals surface area contributed by atoms with Gasteiger partial charge in [0, 0.05) is 11.6 Å². The van der Waals surface area contributed by atoms with Crippen LogP contribution in [0.4, 0.5) is 14.5 Å². The van der Waals surface area contributed by atoms with E-state index < -0.39 is 23.2 Å². The standard InChI is InChI=1S/C14H19F2N3O/c1-14(2)5-3-4-11(14)18-13(20)8-6-9(15)12(19-17)10(16)7-8/h6-7,11,19H,3-5,17H2,1-2H3,(H,18,20). The molecule has 110 valence electrons. The van der Waals surface area contributed by atoms with Crippen molar-refractivity contribution in [3.8, 4) is 0 Å². The number of carbonyl (C=O) groups is 1. The maximum Gasteiger partial charge on any atom is 0.251 e. The molecule has 0 spiro atoms. The van der Waals surface area contributed by atoms with E-state index in [2.05, 4.69) is 19.2 Å². The number of nitrogen functional groups attached to an aromatic ring is 1. The molecule has 1 saturated carbocycles. The maximum atomic E-state index is 13.6. The number of hydrazine groups is 1. The molecule has 0 bridgehead atoms. The largest absolute Gasteiger partial charge is 0.349 e. The molecule has 1 aromatic carbocycles. The number of nitrogens with one attached hydrogen (secondary N) is 2. The monoisotopic (exact) mass is 283 g/mol. The highest BCUT2D eigenvalue weighted by atomic mass is 19.1. The molecule has 0 heterocycles. The summed E-state index contributed by atoms with van der Waals surface area (Å²) in [6, 6.07) is 1.99. The molecule has 1 aliphatic carbocycles. The van der Waals surface area contributed by atoms with Crippen LogP contribution < -0.4 is 16.6 Å². The summed E-state index contributed by atoms with van der Waals surface area (Å²) < 4.78 is 27.1. The van der Waals surface area contributed by atoms with E-state index >= 15 is 0 Å². The van der Waals surface area contributed by atoms with Crippen LogP contribution in [-0.4, -0.2) is 11.9 Å². The Morgan fingerprint density at radius 1 is 1.35 bits per heavy atom. The summed E-state index contributed by atoms with van der Waals surface area (Å²) in [4.78, 5) is 12.1. The predicted octanol–water partition coefficient (Wildman–Crippen LogP) is 2.56. The van der Waals surface area contributed by atoms with Crippen molar-refractivity contribution >= 4 is 11.6 Å². The number of amides is 1. The third kappa shape index (κ3) is 2.75. The summed E-state index contributed by atoms with van der Waals surface area (Å²) in [5.41, 5.74) is 1.46. The molecular weight excluding hydrogens is 264 g/mol. The first-order valence-corrected chi connectivity index (χ1v) is 6.61. The van der Waals surface area contributed by atoms with Crippen LogP contribution in [0.25, 0.3) is 0 Å². The maximum absolute atomic E-state index is 13.6. The van der Waals surface area contributed by atoms with Gasteiger partial charge in [-0.05, 0) is 30.4 Å². The summed E-state index contributed by atoms with van der Waals surface area (Å²) in [5, 5.41) is 2.85. The molecule has 0 aliphatic heterocycles. The quantitative estimate of drug-likeness (QED) is 0.590. The van der Waals surface area contributed by atoms with E-state index in [9.17, 15) is 13.6 Å². The van der Waals surface area contributed by atoms with E-state index in [1.54, 1.807) is 0 Å². The van der Waals surface area contributed by atoms with Gasteiger partial charge in [-0.3, -0.25) is 10.6 Å². The van der Waals surface area contributed by atoms with Gasteiger partial charge in [0.25, 0.3) is 5.91 Å². The molecule has 1 atom stereocenters. The zero-order valence-corrected chi connectivity index (χ0v) is 11.6. The Balaban J connectivity index is 2.18. The second-order valence-corrected chi connectivity index (χ2v) is 5.87. The fraction of sp³-hybridized carbons (Fsp3) is 0.500. The van der Waals surface area contributed by atoms with E-state index in [1.165, 1.54) is 0 Å². The van der Waals surface area contributed by atoms with Gasteiger partial charge in [-0.15, -0.1) is 0 Å². The highest BCUT2D eigenvalue weighted by Gasteiger charge is 2.35. The molecule has 0 radical (unpaired) electrons. The number of halogens is 2. The Bertz CT molecular complexity index is 508. The van der Waals surface area contributed by atoms with Crippen LogP contribution in [0.2, 0.25) is 0 Å². The van der Waals surface area contributed by atoms with E-state index in [0.29, 0.717) is 0 Å². The molecule has 1 amide bonds. The van der Waals surface area contributed by atoms with Crippen molar-refractivity contribution in [1.82, 2.24) is 5.32 Å². The van der Waals surface area contributed by atoms with Crippen LogP contribution in [0.1, 0.15) is 43.5 Å². The van der Waals surface area contributed by atoms with E-state index in [0.717, 1.165) is 31.4 Å². The molecule has 6 heteroatoms. The SMILES string of the molecule is CC1(C)CCCC1NC(=O)c1cc(F)c(NN)c(F)c1. The average molecular weight is 283 g/mol. The number of rotatable bonds is 3. The minimum Gasteiger partial charge on any atom is -0.349 e. The van der Waals surface area contributed by atoms with E-state index in [4.69, 9.17) is 5.84 Å². The van der Waals surface area contributed by atoms with Gasteiger partial charge in [0.2, 0.25) is 0 Å². The van der Waals surface area contributed by atoms with Gasteiger partial charge < -0.3 is 10.7 Å². The van der Waals surface area contributed by atoms with Crippen molar-refractivity contribution in [3.63, 3.8) is 0 Å². The number of anilines is 1. The Morgan fingerprint density at radius 2 is 1.95 bits per heavy atom. The van der Waals surface area contributed by atoms with E-state index in [1.807, 2.05) is 5.43 Å². The third-order valence-electron chi connectivity index (χ3n) is 4.01. The van der Waals surface area contributed by atoms with Crippen LogP contribution in [-0.2, 0) is 0 Å². The van der Waals surface area contributed by atoms with Crippen LogP contribution in [0.3, 0.4) is 0 Å². The second kappa shape index (κ2) is 5.36. The molecule has 20 heavy (non-hydrogen) atoms. The van der Waals surface area contributed by atoms with Crippen molar-refractivity contribution in [2.24, 2.45) is 11.3 Å². The van der Waals surface area contributed by atoms with Crippen LogP contribution >= 0.6 is 0 Å². The molecule has 0 aromatic heterocycles. The van der Waals surface area contributed by atoms with Gasteiger partial charge in [0.15, 0.2) is 11.6 Å². The molecule has 4 N–H and O–H groups in total. The van der Waals surface area contributed by atoms with Crippen LogP contribution in [0.15, 0.2) is 12.1 Å². The summed E-state index contributed by atoms with van der Waals surface area (Å²) >= 11 is 0. The van der Waals surface area contributed by atoms with E-state index in [-0.39, 0.29) is 17.0 Å². The molecule has 1 unspecified atom stereocenters. The Kier molecular flexibility index (Phi) is 3.94. The molecule has 1 fully saturated rings. The minimum atomic E-state index is -0.886.